The molecule has 2 rings (SSSR count). The van der Waals surface area contributed by atoms with Crippen LogP contribution in [0.5, 0.6) is 5.75 Å². The number of rotatable bonds is 4. The average molecular weight is 290 g/mol. The Hall–Kier alpha value is -2.96. The Balaban J connectivity index is 2.11. The summed E-state index contributed by atoms with van der Waals surface area (Å²) in [7, 11) is 0. The first-order valence-corrected chi connectivity index (χ1v) is 5.97. The van der Waals surface area contributed by atoms with Gasteiger partial charge in [0.25, 0.3) is 11.6 Å². The number of amides is 1. The van der Waals surface area contributed by atoms with Gasteiger partial charge in [0, 0.05) is 18.7 Å². The molecule has 0 bridgehead atoms. The van der Waals surface area contributed by atoms with E-state index in [-0.39, 0.29) is 23.5 Å². The fourth-order valence-electron chi connectivity index (χ4n) is 1.69. The van der Waals surface area contributed by atoms with Crippen LogP contribution >= 0.6 is 0 Å². The number of phenolic OH excluding ortho intramolecular Hbond substituents is 1. The van der Waals surface area contributed by atoms with Crippen LogP contribution in [0.4, 0.5) is 10.1 Å². The summed E-state index contributed by atoms with van der Waals surface area (Å²) in [6.45, 7) is 0.112. The first-order chi connectivity index (χ1) is 9.97. The highest BCUT2D eigenvalue weighted by atomic mass is 19.1. The largest absolute Gasteiger partial charge is 0.508 e. The van der Waals surface area contributed by atoms with E-state index >= 15 is 0 Å². The van der Waals surface area contributed by atoms with Gasteiger partial charge in [0.15, 0.2) is 0 Å². The van der Waals surface area contributed by atoms with Crippen LogP contribution in [-0.2, 0) is 6.54 Å². The first kappa shape index (κ1) is 14.4. The lowest BCUT2D eigenvalue weighted by Gasteiger charge is -2.06. The monoisotopic (exact) mass is 290 g/mol. The number of nitrogens with zero attached hydrogens (tertiary/aromatic N) is 1. The Bertz CT molecular complexity index is 686. The summed E-state index contributed by atoms with van der Waals surface area (Å²) in [6.07, 6.45) is 0. The molecule has 2 aromatic rings. The minimum atomic E-state index is -0.830. The molecule has 2 aromatic carbocycles. The molecule has 0 saturated carbocycles. The Morgan fingerprint density at radius 3 is 2.52 bits per heavy atom. The lowest BCUT2D eigenvalue weighted by Crippen LogP contribution is -2.23. The molecule has 1 amide bonds. The summed E-state index contributed by atoms with van der Waals surface area (Å²) in [5.41, 5.74) is -0.0406. The molecule has 21 heavy (non-hydrogen) atoms. The SMILES string of the molecule is O=C(NCc1ccc(O)cc1)c1cc([N+](=O)[O-])ccc1F. The van der Waals surface area contributed by atoms with E-state index in [1.165, 1.54) is 12.1 Å². The summed E-state index contributed by atoms with van der Waals surface area (Å²) >= 11 is 0. The highest BCUT2D eigenvalue weighted by Gasteiger charge is 2.16. The van der Waals surface area contributed by atoms with E-state index in [1.54, 1.807) is 12.1 Å². The van der Waals surface area contributed by atoms with Gasteiger partial charge in [-0.15, -0.1) is 0 Å². The van der Waals surface area contributed by atoms with Crippen molar-refractivity contribution >= 4 is 11.6 Å². The third kappa shape index (κ3) is 3.53. The van der Waals surface area contributed by atoms with Crippen LogP contribution in [0.2, 0.25) is 0 Å². The minimum absolute atomic E-state index is 0.0924. The number of halogens is 1. The average Bonchev–Trinajstić information content (AvgIpc) is 2.46. The van der Waals surface area contributed by atoms with E-state index in [4.69, 9.17) is 5.11 Å². The molecule has 2 N–H and O–H groups in total. The number of nitrogens with one attached hydrogen (secondary N) is 1. The number of carbonyl (C=O) groups is 1. The molecule has 0 aliphatic rings. The van der Waals surface area contributed by atoms with E-state index in [1.807, 2.05) is 0 Å². The zero-order valence-electron chi connectivity index (χ0n) is 10.7. The zero-order chi connectivity index (χ0) is 15.4. The summed E-state index contributed by atoms with van der Waals surface area (Å²) in [5.74, 6) is -1.48. The van der Waals surface area contributed by atoms with Crippen molar-refractivity contribution in [1.29, 1.82) is 0 Å². The summed E-state index contributed by atoms with van der Waals surface area (Å²) in [6, 6.07) is 8.87. The number of nitro benzene ring substituents is 1. The number of hydrogen-bond donors (Lipinski definition) is 2. The molecule has 0 spiro atoms. The standard InChI is InChI=1S/C14H11FN2O4/c15-13-6-3-10(17(20)21)7-12(13)14(19)16-8-9-1-4-11(18)5-2-9/h1-7,18H,8H2,(H,16,19). The van der Waals surface area contributed by atoms with Crippen molar-refractivity contribution in [2.75, 3.05) is 0 Å². The first-order valence-electron chi connectivity index (χ1n) is 5.97. The van der Waals surface area contributed by atoms with Crippen molar-refractivity contribution in [3.8, 4) is 5.75 Å². The zero-order valence-corrected chi connectivity index (χ0v) is 10.7. The van der Waals surface area contributed by atoms with E-state index in [0.717, 1.165) is 18.2 Å². The van der Waals surface area contributed by atoms with Crippen molar-refractivity contribution in [1.82, 2.24) is 5.32 Å². The lowest BCUT2D eigenvalue weighted by molar-refractivity contribution is -0.384. The second-order valence-corrected chi connectivity index (χ2v) is 4.27. The third-order valence-electron chi connectivity index (χ3n) is 2.79. The van der Waals surface area contributed by atoms with Crippen LogP contribution in [0.15, 0.2) is 42.5 Å². The number of aromatic hydroxyl groups is 1. The maximum absolute atomic E-state index is 13.5. The summed E-state index contributed by atoms with van der Waals surface area (Å²) in [4.78, 5) is 21.8. The second kappa shape index (κ2) is 6.00. The summed E-state index contributed by atoms with van der Waals surface area (Å²) < 4.78 is 13.5. The van der Waals surface area contributed by atoms with E-state index < -0.39 is 16.6 Å². The molecule has 0 saturated heterocycles. The second-order valence-electron chi connectivity index (χ2n) is 4.27. The van der Waals surface area contributed by atoms with Crippen LogP contribution in [0.3, 0.4) is 0 Å². The fourth-order valence-corrected chi connectivity index (χ4v) is 1.69. The van der Waals surface area contributed by atoms with Crippen LogP contribution < -0.4 is 5.32 Å². The maximum atomic E-state index is 13.5. The molecule has 0 unspecified atom stereocenters. The smallest absolute Gasteiger partial charge is 0.270 e. The van der Waals surface area contributed by atoms with Crippen molar-refractivity contribution in [3.05, 3.63) is 69.5 Å². The van der Waals surface area contributed by atoms with Crippen molar-refractivity contribution in [2.24, 2.45) is 0 Å². The van der Waals surface area contributed by atoms with Crippen LogP contribution in [-0.4, -0.2) is 15.9 Å². The predicted octanol–water partition coefficient (Wildman–Crippen LogP) is 2.37. The Morgan fingerprint density at radius 1 is 1.24 bits per heavy atom. The maximum Gasteiger partial charge on any atom is 0.270 e. The number of nitro groups is 1. The predicted molar refractivity (Wildman–Crippen MR) is 72.3 cm³/mol. The molecule has 108 valence electrons. The van der Waals surface area contributed by atoms with E-state index in [0.29, 0.717) is 5.56 Å². The molecule has 0 aliphatic heterocycles. The van der Waals surface area contributed by atoms with Crippen LogP contribution in [0.25, 0.3) is 0 Å². The molecule has 7 heteroatoms. The number of carbonyl (C=O) groups excluding carboxylic acids is 1. The minimum Gasteiger partial charge on any atom is -0.508 e. The molecule has 0 heterocycles. The fraction of sp³-hybridized carbons (Fsp3) is 0.0714. The van der Waals surface area contributed by atoms with Crippen molar-refractivity contribution in [3.63, 3.8) is 0 Å². The highest BCUT2D eigenvalue weighted by Crippen LogP contribution is 2.17. The van der Waals surface area contributed by atoms with Gasteiger partial charge in [-0.2, -0.15) is 0 Å². The van der Waals surface area contributed by atoms with Gasteiger partial charge < -0.3 is 10.4 Å². The molecule has 0 fully saturated rings. The van der Waals surface area contributed by atoms with Crippen LogP contribution in [0.1, 0.15) is 15.9 Å². The highest BCUT2D eigenvalue weighted by molar-refractivity contribution is 5.95. The summed E-state index contributed by atoms with van der Waals surface area (Å²) in [5, 5.41) is 22.2. The Labute approximate surface area is 119 Å². The molecule has 0 aromatic heterocycles. The molecule has 6 nitrogen and oxygen atoms in total. The number of hydrogen-bond acceptors (Lipinski definition) is 4. The van der Waals surface area contributed by atoms with Gasteiger partial charge in [0.2, 0.25) is 0 Å². The normalized spacial score (nSPS) is 10.1. The topological polar surface area (TPSA) is 92.5 Å². The third-order valence-corrected chi connectivity index (χ3v) is 2.79. The van der Waals surface area contributed by atoms with Gasteiger partial charge in [-0.05, 0) is 23.8 Å². The van der Waals surface area contributed by atoms with E-state index in [9.17, 15) is 19.3 Å². The lowest BCUT2D eigenvalue weighted by atomic mass is 10.1. The molecule has 0 atom stereocenters. The van der Waals surface area contributed by atoms with Crippen molar-refractivity contribution in [2.45, 2.75) is 6.54 Å². The van der Waals surface area contributed by atoms with Gasteiger partial charge in [-0.25, -0.2) is 4.39 Å². The van der Waals surface area contributed by atoms with Gasteiger partial charge in [-0.3, -0.25) is 14.9 Å². The Kier molecular flexibility index (Phi) is 4.13. The number of benzene rings is 2. The van der Waals surface area contributed by atoms with Crippen LogP contribution in [0, 0.1) is 15.9 Å². The molecular weight excluding hydrogens is 279 g/mol. The number of non-ortho nitro benzene ring substituents is 1. The van der Waals surface area contributed by atoms with Gasteiger partial charge in [-0.1, -0.05) is 12.1 Å². The number of phenols is 1. The molecule has 0 radical (unpaired) electrons. The Morgan fingerprint density at radius 2 is 1.90 bits per heavy atom. The van der Waals surface area contributed by atoms with E-state index in [2.05, 4.69) is 5.32 Å². The molecule has 0 aliphatic carbocycles. The van der Waals surface area contributed by atoms with Gasteiger partial charge >= 0.3 is 0 Å². The van der Waals surface area contributed by atoms with Gasteiger partial charge in [0.1, 0.15) is 11.6 Å². The van der Waals surface area contributed by atoms with Crippen molar-refractivity contribution < 1.29 is 19.2 Å². The molecular formula is C14H11FN2O4. The van der Waals surface area contributed by atoms with Gasteiger partial charge in [0.05, 0.1) is 10.5 Å². The quantitative estimate of drug-likeness (QED) is 0.668.